The highest BCUT2D eigenvalue weighted by atomic mass is 16.3. The van der Waals surface area contributed by atoms with Gasteiger partial charge in [0.05, 0.1) is 0 Å². The molecule has 0 aliphatic heterocycles. The fraction of sp³-hybridized carbons (Fsp3) is 0. The van der Waals surface area contributed by atoms with Crippen LogP contribution in [0.4, 0.5) is 0 Å². The zero-order valence-electron chi connectivity index (χ0n) is 4.42. The van der Waals surface area contributed by atoms with Crippen LogP contribution in [0.15, 0.2) is 6.20 Å². The fourth-order valence-electron chi connectivity index (χ4n) is 0.491. The van der Waals surface area contributed by atoms with Crippen LogP contribution in [0, 0.1) is 11.3 Å². The molecule has 0 saturated carbocycles. The predicted octanol–water partition coefficient (Wildman–Crippen LogP) is 0.298. The SMILES string of the molecule is N#Cc1[nH]cc(O)c1O. The first kappa shape index (κ1) is 5.51. The molecule has 1 aromatic rings. The molecular weight excluding hydrogens is 120 g/mol. The molecule has 0 atom stereocenters. The number of nitrogens with one attached hydrogen (secondary N) is 1. The van der Waals surface area contributed by atoms with Gasteiger partial charge >= 0.3 is 0 Å². The molecule has 4 heteroatoms. The molecule has 0 aromatic carbocycles. The minimum absolute atomic E-state index is 0.0208. The Bertz CT molecular complexity index is 258. The number of hydrogen-bond acceptors (Lipinski definition) is 3. The summed E-state index contributed by atoms with van der Waals surface area (Å²) in [5.41, 5.74) is -0.0208. The summed E-state index contributed by atoms with van der Waals surface area (Å²) in [6, 6.07) is 1.65. The predicted molar refractivity (Wildman–Crippen MR) is 28.8 cm³/mol. The van der Waals surface area contributed by atoms with Crippen molar-refractivity contribution in [3.05, 3.63) is 11.9 Å². The Balaban J connectivity index is 3.24. The zero-order chi connectivity index (χ0) is 6.85. The van der Waals surface area contributed by atoms with Crippen molar-refractivity contribution < 1.29 is 10.2 Å². The molecule has 1 aromatic heterocycles. The van der Waals surface area contributed by atoms with Crippen LogP contribution in [0.25, 0.3) is 0 Å². The molecule has 4 nitrogen and oxygen atoms in total. The van der Waals surface area contributed by atoms with Gasteiger partial charge in [-0.1, -0.05) is 0 Å². The first-order valence-electron chi connectivity index (χ1n) is 2.25. The Morgan fingerprint density at radius 1 is 1.56 bits per heavy atom. The summed E-state index contributed by atoms with van der Waals surface area (Å²) in [5.74, 6) is -0.691. The van der Waals surface area contributed by atoms with Crippen LogP contribution in [0.5, 0.6) is 11.5 Å². The number of nitrogens with zero attached hydrogens (tertiary/aromatic N) is 1. The van der Waals surface area contributed by atoms with E-state index in [1.165, 1.54) is 0 Å². The Morgan fingerprint density at radius 2 is 2.22 bits per heavy atom. The van der Waals surface area contributed by atoms with E-state index in [1.54, 1.807) is 6.07 Å². The molecule has 0 bridgehead atoms. The zero-order valence-corrected chi connectivity index (χ0v) is 4.42. The molecule has 0 amide bonds. The summed E-state index contributed by atoms with van der Waals surface area (Å²) in [6.45, 7) is 0. The highest BCUT2D eigenvalue weighted by Gasteiger charge is 2.05. The van der Waals surface area contributed by atoms with E-state index in [0.717, 1.165) is 6.20 Å². The van der Waals surface area contributed by atoms with Gasteiger partial charge in [-0.25, -0.2) is 0 Å². The maximum absolute atomic E-state index is 8.73. The smallest absolute Gasteiger partial charge is 0.194 e. The summed E-state index contributed by atoms with van der Waals surface area (Å²) in [5, 5.41) is 25.6. The number of rotatable bonds is 0. The molecule has 3 N–H and O–H groups in total. The minimum Gasteiger partial charge on any atom is -0.503 e. The second kappa shape index (κ2) is 1.71. The van der Waals surface area contributed by atoms with E-state index < -0.39 is 5.75 Å². The van der Waals surface area contributed by atoms with E-state index in [1.807, 2.05) is 0 Å². The molecule has 0 spiro atoms. The molecule has 0 fully saturated rings. The van der Waals surface area contributed by atoms with Gasteiger partial charge in [0.2, 0.25) is 0 Å². The van der Waals surface area contributed by atoms with Crippen LogP contribution in [0.3, 0.4) is 0 Å². The summed E-state index contributed by atoms with van der Waals surface area (Å²) < 4.78 is 0. The van der Waals surface area contributed by atoms with Gasteiger partial charge in [-0.15, -0.1) is 0 Å². The molecule has 1 heterocycles. The lowest BCUT2D eigenvalue weighted by molar-refractivity contribution is 0.407. The topological polar surface area (TPSA) is 80.0 Å². The molecule has 0 aliphatic rings. The number of nitriles is 1. The minimum atomic E-state index is -0.391. The first-order chi connectivity index (χ1) is 4.25. The van der Waals surface area contributed by atoms with Gasteiger partial charge in [-0.3, -0.25) is 0 Å². The van der Waals surface area contributed by atoms with Crippen LogP contribution in [-0.2, 0) is 0 Å². The van der Waals surface area contributed by atoms with Crippen LogP contribution in [0.2, 0.25) is 0 Å². The van der Waals surface area contributed by atoms with Crippen LogP contribution >= 0.6 is 0 Å². The Morgan fingerprint density at radius 3 is 2.44 bits per heavy atom. The van der Waals surface area contributed by atoms with Gasteiger partial charge in [0.15, 0.2) is 17.2 Å². The van der Waals surface area contributed by atoms with Crippen molar-refractivity contribution in [1.82, 2.24) is 4.98 Å². The van der Waals surface area contributed by atoms with Crippen molar-refractivity contribution >= 4 is 0 Å². The third-order valence-corrected chi connectivity index (χ3v) is 0.944. The Kier molecular flexibility index (Phi) is 1.04. The number of aromatic amines is 1. The van der Waals surface area contributed by atoms with Gasteiger partial charge in [0.1, 0.15) is 6.07 Å². The molecule has 46 valence electrons. The lowest BCUT2D eigenvalue weighted by atomic mass is 10.4. The van der Waals surface area contributed by atoms with Crippen molar-refractivity contribution in [2.24, 2.45) is 0 Å². The van der Waals surface area contributed by atoms with Gasteiger partial charge in [0, 0.05) is 6.20 Å². The summed E-state index contributed by atoms with van der Waals surface area (Å²) >= 11 is 0. The summed E-state index contributed by atoms with van der Waals surface area (Å²) in [4.78, 5) is 2.36. The number of hydrogen-bond donors (Lipinski definition) is 3. The summed E-state index contributed by atoms with van der Waals surface area (Å²) in [6.07, 6.45) is 1.15. The number of aromatic nitrogens is 1. The van der Waals surface area contributed by atoms with E-state index in [2.05, 4.69) is 4.98 Å². The van der Waals surface area contributed by atoms with Crippen molar-refractivity contribution in [3.63, 3.8) is 0 Å². The van der Waals surface area contributed by atoms with Gasteiger partial charge in [0.25, 0.3) is 0 Å². The number of H-pyrrole nitrogens is 1. The molecule has 0 aliphatic carbocycles. The lowest BCUT2D eigenvalue weighted by Gasteiger charge is -1.82. The summed E-state index contributed by atoms with van der Waals surface area (Å²) in [7, 11) is 0. The number of aromatic hydroxyl groups is 2. The van der Waals surface area contributed by atoms with Crippen LogP contribution in [0.1, 0.15) is 5.69 Å². The molecule has 0 saturated heterocycles. The molecule has 9 heavy (non-hydrogen) atoms. The van der Waals surface area contributed by atoms with Crippen molar-refractivity contribution in [1.29, 1.82) is 5.26 Å². The maximum atomic E-state index is 8.73. The molecule has 0 radical (unpaired) electrons. The molecular formula is C5H4N2O2. The Labute approximate surface area is 51.0 Å². The largest absolute Gasteiger partial charge is 0.503 e. The first-order valence-corrected chi connectivity index (χ1v) is 2.25. The normalized spacial score (nSPS) is 8.78. The quantitative estimate of drug-likeness (QED) is 0.465. The second-order valence-electron chi connectivity index (χ2n) is 1.51. The third-order valence-electron chi connectivity index (χ3n) is 0.944. The molecule has 0 unspecified atom stereocenters. The van der Waals surface area contributed by atoms with Gasteiger partial charge < -0.3 is 15.2 Å². The van der Waals surface area contributed by atoms with Crippen molar-refractivity contribution in [2.45, 2.75) is 0 Å². The van der Waals surface area contributed by atoms with Gasteiger partial charge in [-0.05, 0) is 0 Å². The van der Waals surface area contributed by atoms with Gasteiger partial charge in [-0.2, -0.15) is 5.26 Å². The highest BCUT2D eigenvalue weighted by molar-refractivity contribution is 5.46. The highest BCUT2D eigenvalue weighted by Crippen LogP contribution is 2.26. The van der Waals surface area contributed by atoms with Crippen LogP contribution < -0.4 is 0 Å². The molecule has 1 rings (SSSR count). The maximum Gasteiger partial charge on any atom is 0.194 e. The average molecular weight is 124 g/mol. The fourth-order valence-corrected chi connectivity index (χ4v) is 0.491. The second-order valence-corrected chi connectivity index (χ2v) is 1.51. The van der Waals surface area contributed by atoms with E-state index in [0.29, 0.717) is 0 Å². The van der Waals surface area contributed by atoms with Crippen molar-refractivity contribution in [2.75, 3.05) is 0 Å². The van der Waals surface area contributed by atoms with E-state index in [9.17, 15) is 0 Å². The van der Waals surface area contributed by atoms with Crippen LogP contribution in [-0.4, -0.2) is 15.2 Å². The van der Waals surface area contributed by atoms with E-state index >= 15 is 0 Å². The average Bonchev–Trinajstić information content (AvgIpc) is 2.15. The van der Waals surface area contributed by atoms with Crippen molar-refractivity contribution in [3.8, 4) is 17.6 Å². The monoisotopic (exact) mass is 124 g/mol. The lowest BCUT2D eigenvalue weighted by Crippen LogP contribution is -1.68. The van der Waals surface area contributed by atoms with E-state index in [-0.39, 0.29) is 11.4 Å². The third kappa shape index (κ3) is 0.681. The van der Waals surface area contributed by atoms with E-state index in [4.69, 9.17) is 15.5 Å². The standard InChI is InChI=1S/C5H4N2O2/c6-1-3-5(9)4(8)2-7-3/h2,7-9H. The Hall–Kier alpha value is -1.63.